The third kappa shape index (κ3) is 2.12. The zero-order chi connectivity index (χ0) is 10.7. The van der Waals surface area contributed by atoms with Crippen LogP contribution in [0.3, 0.4) is 0 Å². The third-order valence-corrected chi connectivity index (χ3v) is 1.95. The van der Waals surface area contributed by atoms with E-state index in [1.54, 1.807) is 6.20 Å². The molecule has 0 saturated carbocycles. The van der Waals surface area contributed by atoms with Crippen LogP contribution in [0.4, 0.5) is 10.2 Å². The highest BCUT2D eigenvalue weighted by Gasteiger charge is 2.03. The highest BCUT2D eigenvalue weighted by molar-refractivity contribution is 5.61. The molecule has 2 rings (SSSR count). The molecule has 2 aromatic heterocycles. The Morgan fingerprint density at radius 3 is 3.00 bits per heavy atom. The lowest BCUT2D eigenvalue weighted by molar-refractivity contribution is 0.622. The number of anilines is 1. The number of hydrogen-bond donors (Lipinski definition) is 2. The Morgan fingerprint density at radius 1 is 1.40 bits per heavy atom. The maximum absolute atomic E-state index is 12.9. The van der Waals surface area contributed by atoms with E-state index in [1.165, 1.54) is 12.3 Å². The van der Waals surface area contributed by atoms with Gasteiger partial charge in [0.05, 0.1) is 11.9 Å². The Morgan fingerprint density at radius 2 is 2.27 bits per heavy atom. The second-order valence-electron chi connectivity index (χ2n) is 3.09. The highest BCUT2D eigenvalue weighted by atomic mass is 19.1. The van der Waals surface area contributed by atoms with Gasteiger partial charge in [-0.25, -0.2) is 4.39 Å². The molecule has 0 amide bonds. The van der Waals surface area contributed by atoms with Crippen LogP contribution in [0.2, 0.25) is 0 Å². The zero-order valence-corrected chi connectivity index (χ0v) is 8.29. The molecule has 0 unspecified atom stereocenters. The maximum atomic E-state index is 12.9. The molecule has 0 aromatic carbocycles. The van der Waals surface area contributed by atoms with E-state index in [0.29, 0.717) is 5.56 Å². The van der Waals surface area contributed by atoms with Gasteiger partial charge in [-0.3, -0.25) is 10.1 Å². The largest absolute Gasteiger partial charge is 0.369 e. The number of H-pyrrole nitrogens is 1. The number of nitrogens with one attached hydrogen (secondary N) is 2. The van der Waals surface area contributed by atoms with Crippen LogP contribution in [0, 0.1) is 5.82 Å². The van der Waals surface area contributed by atoms with Crippen LogP contribution in [0.5, 0.6) is 0 Å². The van der Waals surface area contributed by atoms with Gasteiger partial charge in [0.2, 0.25) is 0 Å². The van der Waals surface area contributed by atoms with Crippen molar-refractivity contribution in [2.45, 2.75) is 6.92 Å². The number of pyridine rings is 1. The maximum Gasteiger partial charge on any atom is 0.148 e. The van der Waals surface area contributed by atoms with Gasteiger partial charge in [0.15, 0.2) is 0 Å². The molecule has 0 aliphatic heterocycles. The van der Waals surface area contributed by atoms with Gasteiger partial charge in [-0.2, -0.15) is 5.10 Å². The fourth-order valence-electron chi connectivity index (χ4n) is 1.30. The second-order valence-corrected chi connectivity index (χ2v) is 3.09. The van der Waals surface area contributed by atoms with E-state index in [9.17, 15) is 4.39 Å². The Hall–Kier alpha value is -1.91. The zero-order valence-electron chi connectivity index (χ0n) is 8.29. The predicted octanol–water partition coefficient (Wildman–Crippen LogP) is 2.04. The Balaban J connectivity index is 2.29. The summed E-state index contributed by atoms with van der Waals surface area (Å²) in [6.07, 6.45) is 2.76. The van der Waals surface area contributed by atoms with E-state index in [0.717, 1.165) is 18.1 Å². The first-order valence-electron chi connectivity index (χ1n) is 4.70. The number of aromatic nitrogens is 3. The number of nitrogens with zero attached hydrogens (tertiary/aromatic N) is 2. The lowest BCUT2D eigenvalue weighted by Crippen LogP contribution is -1.95. The molecular weight excluding hydrogens is 195 g/mol. The summed E-state index contributed by atoms with van der Waals surface area (Å²) < 4.78 is 12.9. The average molecular weight is 206 g/mol. The van der Waals surface area contributed by atoms with Crippen LogP contribution in [-0.2, 0) is 0 Å². The molecule has 4 nitrogen and oxygen atoms in total. The average Bonchev–Trinajstić information content (AvgIpc) is 2.67. The normalized spacial score (nSPS) is 10.3. The van der Waals surface area contributed by atoms with Gasteiger partial charge in [0.25, 0.3) is 0 Å². The predicted molar refractivity (Wildman–Crippen MR) is 55.9 cm³/mol. The summed E-state index contributed by atoms with van der Waals surface area (Å²) in [6.45, 7) is 2.78. The minimum atomic E-state index is -0.355. The first-order valence-corrected chi connectivity index (χ1v) is 4.70. The summed E-state index contributed by atoms with van der Waals surface area (Å²) >= 11 is 0. The highest BCUT2D eigenvalue weighted by Crippen LogP contribution is 2.19. The summed E-state index contributed by atoms with van der Waals surface area (Å²) in [5, 5.41) is 9.90. The number of hydrogen-bond acceptors (Lipinski definition) is 3. The molecule has 0 saturated heterocycles. The van der Waals surface area contributed by atoms with E-state index in [2.05, 4.69) is 20.5 Å². The number of halogens is 1. The van der Waals surface area contributed by atoms with Gasteiger partial charge in [-0.1, -0.05) is 0 Å². The quantitative estimate of drug-likeness (QED) is 0.808. The van der Waals surface area contributed by atoms with E-state index >= 15 is 0 Å². The van der Waals surface area contributed by atoms with Gasteiger partial charge >= 0.3 is 0 Å². The van der Waals surface area contributed by atoms with Crippen molar-refractivity contribution in [3.8, 4) is 11.3 Å². The summed E-state index contributed by atoms with van der Waals surface area (Å²) in [7, 11) is 0. The van der Waals surface area contributed by atoms with Crippen molar-refractivity contribution in [2.24, 2.45) is 0 Å². The van der Waals surface area contributed by atoms with Crippen molar-refractivity contribution in [1.29, 1.82) is 0 Å². The van der Waals surface area contributed by atoms with Gasteiger partial charge in [-0.05, 0) is 13.0 Å². The summed E-state index contributed by atoms with van der Waals surface area (Å²) in [5.74, 6) is 0.392. The molecule has 0 atom stereocenters. The smallest absolute Gasteiger partial charge is 0.148 e. The molecule has 0 bridgehead atoms. The van der Waals surface area contributed by atoms with Crippen molar-refractivity contribution in [3.63, 3.8) is 0 Å². The second kappa shape index (κ2) is 4.08. The van der Waals surface area contributed by atoms with Crippen LogP contribution in [0.25, 0.3) is 11.3 Å². The van der Waals surface area contributed by atoms with Crippen molar-refractivity contribution in [1.82, 2.24) is 15.2 Å². The third-order valence-electron chi connectivity index (χ3n) is 1.95. The summed E-state index contributed by atoms with van der Waals surface area (Å²) in [6, 6.07) is 3.23. The molecule has 2 aromatic rings. The molecule has 78 valence electrons. The fourth-order valence-corrected chi connectivity index (χ4v) is 1.30. The molecule has 2 N–H and O–H groups in total. The van der Waals surface area contributed by atoms with Gasteiger partial charge in [0.1, 0.15) is 11.6 Å². The van der Waals surface area contributed by atoms with Gasteiger partial charge in [-0.15, -0.1) is 0 Å². The van der Waals surface area contributed by atoms with E-state index in [-0.39, 0.29) is 5.82 Å². The van der Waals surface area contributed by atoms with Crippen LogP contribution < -0.4 is 5.32 Å². The first kappa shape index (κ1) is 9.64. The lowest BCUT2D eigenvalue weighted by atomic mass is 10.2. The molecule has 2 heterocycles. The van der Waals surface area contributed by atoms with E-state index in [4.69, 9.17) is 0 Å². The van der Waals surface area contributed by atoms with E-state index in [1.807, 2.05) is 13.0 Å². The van der Waals surface area contributed by atoms with Crippen molar-refractivity contribution in [3.05, 3.63) is 30.3 Å². The van der Waals surface area contributed by atoms with Gasteiger partial charge < -0.3 is 5.32 Å². The molecule has 0 aliphatic rings. The van der Waals surface area contributed by atoms with E-state index < -0.39 is 0 Å². The Bertz CT molecular complexity index is 452. The monoisotopic (exact) mass is 206 g/mol. The molecule has 0 radical (unpaired) electrons. The van der Waals surface area contributed by atoms with Crippen LogP contribution in [0.15, 0.2) is 24.5 Å². The van der Waals surface area contributed by atoms with Crippen LogP contribution in [0.1, 0.15) is 6.92 Å². The standard InChI is InChI=1S/C10H11FN4/c1-2-13-10-4-9(14-15-10)7-3-8(11)6-12-5-7/h3-6H,2H2,1H3,(H2,13,14,15). The molecule has 0 spiro atoms. The molecule has 0 aliphatic carbocycles. The lowest BCUT2D eigenvalue weighted by Gasteiger charge is -1.95. The molecule has 15 heavy (non-hydrogen) atoms. The SMILES string of the molecule is CCNc1cc(-c2cncc(F)c2)[nH]n1. The summed E-state index contributed by atoms with van der Waals surface area (Å²) in [4.78, 5) is 3.77. The molecule has 0 fully saturated rings. The Labute approximate surface area is 86.6 Å². The van der Waals surface area contributed by atoms with Crippen molar-refractivity contribution < 1.29 is 4.39 Å². The minimum Gasteiger partial charge on any atom is -0.369 e. The van der Waals surface area contributed by atoms with Crippen LogP contribution in [-0.4, -0.2) is 21.7 Å². The number of aromatic amines is 1. The van der Waals surface area contributed by atoms with Crippen molar-refractivity contribution >= 4 is 5.82 Å². The summed E-state index contributed by atoms with van der Waals surface area (Å²) in [5.41, 5.74) is 1.43. The fraction of sp³-hybridized carbons (Fsp3) is 0.200. The van der Waals surface area contributed by atoms with Crippen LogP contribution >= 0.6 is 0 Å². The van der Waals surface area contributed by atoms with Crippen molar-refractivity contribution in [2.75, 3.05) is 11.9 Å². The first-order chi connectivity index (χ1) is 7.29. The topological polar surface area (TPSA) is 53.6 Å². The van der Waals surface area contributed by atoms with Gasteiger partial charge in [0, 0.05) is 24.4 Å². The minimum absolute atomic E-state index is 0.355. The Kier molecular flexibility index (Phi) is 2.62. The molecule has 5 heteroatoms. The number of rotatable bonds is 3. The molecular formula is C10H11FN4.